The number of carbonyl (C=O) groups is 1. The maximum Gasteiger partial charge on any atom is 0.264 e. The van der Waals surface area contributed by atoms with Gasteiger partial charge in [0.05, 0.1) is 16.6 Å². The van der Waals surface area contributed by atoms with Gasteiger partial charge in [-0.05, 0) is 87.4 Å². The summed E-state index contributed by atoms with van der Waals surface area (Å²) < 4.78 is 35.8. The van der Waals surface area contributed by atoms with E-state index in [1.54, 1.807) is 24.3 Å². The van der Waals surface area contributed by atoms with E-state index in [0.717, 1.165) is 48.3 Å². The number of piperidine rings is 1. The van der Waals surface area contributed by atoms with E-state index in [4.69, 9.17) is 4.74 Å². The average molecular weight is 576 g/mol. The van der Waals surface area contributed by atoms with Gasteiger partial charge in [0, 0.05) is 31.1 Å². The molecule has 2 saturated heterocycles. The Morgan fingerprint density at radius 2 is 1.78 bits per heavy atom. The molecule has 10 heteroatoms. The monoisotopic (exact) mass is 575 g/mol. The van der Waals surface area contributed by atoms with Crippen molar-refractivity contribution in [3.8, 4) is 17.1 Å². The Morgan fingerprint density at radius 1 is 1.02 bits per heavy atom. The van der Waals surface area contributed by atoms with E-state index in [1.807, 2.05) is 43.0 Å². The third-order valence-electron chi connectivity index (χ3n) is 8.61. The molecule has 0 saturated carbocycles. The van der Waals surface area contributed by atoms with E-state index in [1.165, 1.54) is 12.8 Å². The second-order valence-electron chi connectivity index (χ2n) is 11.4. The molecule has 2 atom stereocenters. The number of carbonyl (C=O) groups excluding carboxylic acids is 1. The molecule has 3 aliphatic heterocycles. The summed E-state index contributed by atoms with van der Waals surface area (Å²) in [5.41, 5.74) is 4.46. The standard InChI is InChI=1S/C31H37N5O4S/c1-21-7-5-8-22(2)30(21)27-19-28-33-31(32-27)34-41(38,39)26-10-6-9-23(18-26)24-11-16-36(25(17-24)20-40-28)29(37)12-15-35-13-3-4-14-35/h5-10,18-19,24-25H,3-4,11-17,20H2,1-2H3,(H,32,33,34). The number of fused-ring (bicyclic) bond motifs is 7. The van der Waals surface area contributed by atoms with E-state index in [0.29, 0.717) is 25.1 Å². The molecule has 0 radical (unpaired) electrons. The Hall–Kier alpha value is -3.50. The number of hydrogen-bond acceptors (Lipinski definition) is 7. The van der Waals surface area contributed by atoms with Crippen LogP contribution in [-0.2, 0) is 14.8 Å². The van der Waals surface area contributed by atoms with Crippen molar-refractivity contribution in [2.75, 3.05) is 37.5 Å². The molecule has 2 aromatic carbocycles. The molecular weight excluding hydrogens is 538 g/mol. The molecule has 9 nitrogen and oxygen atoms in total. The predicted molar refractivity (Wildman–Crippen MR) is 157 cm³/mol. The summed E-state index contributed by atoms with van der Waals surface area (Å²) in [5.74, 6) is 0.478. The molecule has 2 unspecified atom stereocenters. The zero-order valence-electron chi connectivity index (χ0n) is 23.7. The summed E-state index contributed by atoms with van der Waals surface area (Å²) in [6.07, 6.45) is 4.35. The first kappa shape index (κ1) is 27.7. The Kier molecular flexibility index (Phi) is 7.70. The highest BCUT2D eigenvalue weighted by Crippen LogP contribution is 2.35. The summed E-state index contributed by atoms with van der Waals surface area (Å²) in [5, 5.41) is 0. The normalized spacial score (nSPS) is 22.0. The quantitative estimate of drug-likeness (QED) is 0.488. The number of anilines is 1. The number of hydrogen-bond donors (Lipinski definition) is 1. The fourth-order valence-electron chi connectivity index (χ4n) is 6.43. The average Bonchev–Trinajstić information content (AvgIpc) is 3.48. The van der Waals surface area contributed by atoms with Gasteiger partial charge < -0.3 is 14.5 Å². The van der Waals surface area contributed by atoms with Crippen molar-refractivity contribution in [2.24, 2.45) is 0 Å². The third-order valence-corrected chi connectivity index (χ3v) is 9.93. The van der Waals surface area contributed by atoms with Crippen LogP contribution in [-0.4, -0.2) is 72.9 Å². The second kappa shape index (κ2) is 11.4. The maximum absolute atomic E-state index is 13.5. The minimum Gasteiger partial charge on any atom is -0.475 e. The fourth-order valence-corrected chi connectivity index (χ4v) is 7.43. The van der Waals surface area contributed by atoms with Crippen LogP contribution < -0.4 is 9.46 Å². The summed E-state index contributed by atoms with van der Waals surface area (Å²) in [6.45, 7) is 7.78. The maximum atomic E-state index is 13.5. The third kappa shape index (κ3) is 5.94. The Balaban J connectivity index is 1.37. The molecule has 4 heterocycles. The molecule has 41 heavy (non-hydrogen) atoms. The first-order valence-corrected chi connectivity index (χ1v) is 16.0. The molecule has 3 aliphatic rings. The zero-order chi connectivity index (χ0) is 28.6. The lowest BCUT2D eigenvalue weighted by Gasteiger charge is -2.40. The van der Waals surface area contributed by atoms with Crippen LogP contribution in [0.2, 0.25) is 0 Å². The first-order chi connectivity index (χ1) is 19.8. The molecule has 2 fully saturated rings. The molecule has 6 bridgehead atoms. The topological polar surface area (TPSA) is 105 Å². The van der Waals surface area contributed by atoms with Gasteiger partial charge in [-0.15, -0.1) is 0 Å². The van der Waals surface area contributed by atoms with Crippen LogP contribution in [0.3, 0.4) is 0 Å². The Bertz CT molecular complexity index is 1530. The van der Waals surface area contributed by atoms with E-state index >= 15 is 0 Å². The van der Waals surface area contributed by atoms with Gasteiger partial charge >= 0.3 is 0 Å². The molecule has 1 aromatic heterocycles. The summed E-state index contributed by atoms with van der Waals surface area (Å²) in [7, 11) is -3.94. The van der Waals surface area contributed by atoms with Crippen LogP contribution >= 0.6 is 0 Å². The van der Waals surface area contributed by atoms with E-state index < -0.39 is 10.0 Å². The minimum absolute atomic E-state index is 0.0497. The van der Waals surface area contributed by atoms with Crippen molar-refractivity contribution in [1.82, 2.24) is 19.8 Å². The molecule has 1 N–H and O–H groups in total. The van der Waals surface area contributed by atoms with Crippen LogP contribution in [0.4, 0.5) is 5.95 Å². The second-order valence-corrected chi connectivity index (χ2v) is 13.1. The van der Waals surface area contributed by atoms with Gasteiger partial charge in [-0.2, -0.15) is 4.98 Å². The number of ether oxygens (including phenoxy) is 1. The van der Waals surface area contributed by atoms with Gasteiger partial charge in [-0.1, -0.05) is 30.3 Å². The summed E-state index contributed by atoms with van der Waals surface area (Å²) >= 11 is 0. The molecular formula is C31H37N5O4S. The van der Waals surface area contributed by atoms with Crippen LogP contribution in [0.25, 0.3) is 11.3 Å². The van der Waals surface area contributed by atoms with Crippen molar-refractivity contribution in [2.45, 2.75) is 62.8 Å². The number of amides is 1. The van der Waals surface area contributed by atoms with Gasteiger partial charge in [-0.25, -0.2) is 18.1 Å². The molecule has 216 valence electrons. The summed E-state index contributed by atoms with van der Waals surface area (Å²) in [6, 6.07) is 14.7. The molecule has 1 amide bonds. The van der Waals surface area contributed by atoms with Crippen molar-refractivity contribution in [3.05, 3.63) is 65.2 Å². The van der Waals surface area contributed by atoms with Crippen molar-refractivity contribution in [3.63, 3.8) is 0 Å². The van der Waals surface area contributed by atoms with Crippen LogP contribution in [0, 0.1) is 13.8 Å². The lowest BCUT2D eigenvalue weighted by Crippen LogP contribution is -2.49. The fraction of sp³-hybridized carbons (Fsp3) is 0.452. The lowest BCUT2D eigenvalue weighted by atomic mass is 9.85. The highest BCUT2D eigenvalue weighted by atomic mass is 32.2. The van der Waals surface area contributed by atoms with Gasteiger partial charge in [0.1, 0.15) is 6.61 Å². The van der Waals surface area contributed by atoms with Crippen LogP contribution in [0.5, 0.6) is 5.88 Å². The van der Waals surface area contributed by atoms with Crippen LogP contribution in [0.15, 0.2) is 53.4 Å². The van der Waals surface area contributed by atoms with Crippen molar-refractivity contribution >= 4 is 21.9 Å². The molecule has 6 rings (SSSR count). The highest BCUT2D eigenvalue weighted by molar-refractivity contribution is 7.92. The van der Waals surface area contributed by atoms with Crippen molar-refractivity contribution < 1.29 is 17.9 Å². The number of nitrogens with one attached hydrogen (secondary N) is 1. The number of aromatic nitrogens is 2. The minimum atomic E-state index is -3.94. The van der Waals surface area contributed by atoms with Gasteiger partial charge in [0.25, 0.3) is 10.0 Å². The zero-order valence-corrected chi connectivity index (χ0v) is 24.5. The van der Waals surface area contributed by atoms with E-state index in [9.17, 15) is 13.2 Å². The number of nitrogens with zero attached hydrogens (tertiary/aromatic N) is 4. The van der Waals surface area contributed by atoms with E-state index in [2.05, 4.69) is 19.6 Å². The molecule has 0 spiro atoms. The SMILES string of the molecule is Cc1cccc(C)c1-c1cc2nc(n1)NS(=O)(=O)c1cccc(c1)C1CCN(C(=O)CCN3CCCC3)C(CO2)C1. The smallest absolute Gasteiger partial charge is 0.264 e. The Labute approximate surface area is 242 Å². The number of rotatable bonds is 4. The molecule has 3 aromatic rings. The molecule has 0 aliphatic carbocycles. The van der Waals surface area contributed by atoms with Crippen LogP contribution in [0.1, 0.15) is 54.7 Å². The Morgan fingerprint density at radius 3 is 2.56 bits per heavy atom. The predicted octanol–water partition coefficient (Wildman–Crippen LogP) is 4.51. The number of likely N-dealkylation sites (tertiary alicyclic amines) is 2. The highest BCUT2D eigenvalue weighted by Gasteiger charge is 2.34. The van der Waals surface area contributed by atoms with Crippen molar-refractivity contribution in [1.29, 1.82) is 0 Å². The largest absolute Gasteiger partial charge is 0.475 e. The van der Waals surface area contributed by atoms with Gasteiger partial charge in [0.2, 0.25) is 17.7 Å². The lowest BCUT2D eigenvalue weighted by molar-refractivity contribution is -0.136. The number of sulfonamides is 1. The number of aryl methyl sites for hydroxylation is 2. The summed E-state index contributed by atoms with van der Waals surface area (Å²) in [4.78, 5) is 27.0. The van der Waals surface area contributed by atoms with Gasteiger partial charge in [0.15, 0.2) is 0 Å². The number of benzene rings is 2. The van der Waals surface area contributed by atoms with E-state index in [-0.39, 0.29) is 41.2 Å². The first-order valence-electron chi connectivity index (χ1n) is 14.5. The van der Waals surface area contributed by atoms with Gasteiger partial charge in [-0.3, -0.25) is 4.79 Å².